The van der Waals surface area contributed by atoms with Crippen LogP contribution in [0.15, 0.2) is 59.1 Å². The SMILES string of the molecule is Cc1cc(Br)ccc1C(Br)c1ccc(C)c2ccccc12. The molecule has 0 nitrogen and oxygen atoms in total. The van der Waals surface area contributed by atoms with Crippen LogP contribution < -0.4 is 0 Å². The predicted molar refractivity (Wildman–Crippen MR) is 98.3 cm³/mol. The molecule has 2 heteroatoms. The van der Waals surface area contributed by atoms with Crippen LogP contribution in [0.4, 0.5) is 0 Å². The van der Waals surface area contributed by atoms with Crippen LogP contribution in [0, 0.1) is 13.8 Å². The molecule has 3 aromatic carbocycles. The van der Waals surface area contributed by atoms with E-state index in [1.165, 1.54) is 33.0 Å². The molecule has 0 aliphatic rings. The Morgan fingerprint density at radius 1 is 0.762 bits per heavy atom. The van der Waals surface area contributed by atoms with Crippen molar-refractivity contribution in [2.24, 2.45) is 0 Å². The normalized spacial score (nSPS) is 12.6. The van der Waals surface area contributed by atoms with Gasteiger partial charge in [-0.25, -0.2) is 0 Å². The minimum absolute atomic E-state index is 0.205. The van der Waals surface area contributed by atoms with E-state index in [2.05, 4.69) is 100 Å². The average Bonchev–Trinajstić information content (AvgIpc) is 2.47. The fourth-order valence-electron chi connectivity index (χ4n) is 2.79. The summed E-state index contributed by atoms with van der Waals surface area (Å²) in [6.07, 6.45) is 0. The van der Waals surface area contributed by atoms with Crippen molar-refractivity contribution in [1.82, 2.24) is 0 Å². The smallest absolute Gasteiger partial charge is 0.0653 e. The second-order valence-corrected chi connectivity index (χ2v) is 7.21. The highest BCUT2D eigenvalue weighted by atomic mass is 79.9. The lowest BCUT2D eigenvalue weighted by Crippen LogP contribution is -1.97. The van der Waals surface area contributed by atoms with E-state index in [0.717, 1.165) is 4.47 Å². The Morgan fingerprint density at radius 2 is 1.43 bits per heavy atom. The number of alkyl halides is 1. The highest BCUT2D eigenvalue weighted by Crippen LogP contribution is 2.38. The Balaban J connectivity index is 2.18. The van der Waals surface area contributed by atoms with Gasteiger partial charge in [0.25, 0.3) is 0 Å². The van der Waals surface area contributed by atoms with Gasteiger partial charge in [0.1, 0.15) is 0 Å². The maximum Gasteiger partial charge on any atom is 0.0653 e. The Hall–Kier alpha value is -1.12. The number of aryl methyl sites for hydroxylation is 2. The maximum absolute atomic E-state index is 3.90. The first kappa shape index (κ1) is 14.8. The molecule has 0 aliphatic carbocycles. The van der Waals surface area contributed by atoms with Crippen LogP contribution in [0.25, 0.3) is 10.8 Å². The third kappa shape index (κ3) is 2.79. The summed E-state index contributed by atoms with van der Waals surface area (Å²) in [5.41, 5.74) is 5.24. The topological polar surface area (TPSA) is 0 Å². The molecule has 21 heavy (non-hydrogen) atoms. The summed E-state index contributed by atoms with van der Waals surface area (Å²) in [5.74, 6) is 0. The molecule has 0 fully saturated rings. The van der Waals surface area contributed by atoms with Gasteiger partial charge >= 0.3 is 0 Å². The molecule has 0 radical (unpaired) electrons. The number of benzene rings is 3. The molecule has 0 aromatic heterocycles. The monoisotopic (exact) mass is 402 g/mol. The Labute approximate surface area is 142 Å². The first-order valence-corrected chi connectivity index (χ1v) is 8.67. The van der Waals surface area contributed by atoms with Crippen LogP contribution in [-0.2, 0) is 0 Å². The maximum atomic E-state index is 3.90. The molecule has 1 atom stereocenters. The van der Waals surface area contributed by atoms with E-state index in [1.54, 1.807) is 0 Å². The van der Waals surface area contributed by atoms with Gasteiger partial charge < -0.3 is 0 Å². The molecule has 0 amide bonds. The average molecular weight is 404 g/mol. The van der Waals surface area contributed by atoms with Crippen LogP contribution in [0.1, 0.15) is 27.1 Å². The highest BCUT2D eigenvalue weighted by Gasteiger charge is 2.16. The second kappa shape index (κ2) is 5.94. The van der Waals surface area contributed by atoms with Gasteiger partial charge in [-0.1, -0.05) is 74.3 Å². The molecule has 0 N–H and O–H groups in total. The molecule has 0 bridgehead atoms. The summed E-state index contributed by atoms with van der Waals surface area (Å²) in [5, 5.41) is 2.65. The van der Waals surface area contributed by atoms with E-state index < -0.39 is 0 Å². The third-order valence-electron chi connectivity index (χ3n) is 3.95. The lowest BCUT2D eigenvalue weighted by Gasteiger charge is -2.17. The zero-order chi connectivity index (χ0) is 15.0. The number of halogens is 2. The second-order valence-electron chi connectivity index (χ2n) is 5.38. The minimum Gasteiger partial charge on any atom is -0.0786 e. The summed E-state index contributed by atoms with van der Waals surface area (Å²) in [6, 6.07) is 19.5. The van der Waals surface area contributed by atoms with Crippen molar-refractivity contribution >= 4 is 42.6 Å². The van der Waals surface area contributed by atoms with E-state index in [1.807, 2.05) is 0 Å². The molecule has 0 saturated heterocycles. The van der Waals surface area contributed by atoms with Gasteiger partial charge in [-0.05, 0) is 59.0 Å². The zero-order valence-corrected chi connectivity index (χ0v) is 15.2. The molecule has 0 saturated carbocycles. The predicted octanol–water partition coefficient (Wildman–Crippen LogP) is 6.70. The number of fused-ring (bicyclic) bond motifs is 1. The standard InChI is InChI=1S/C19H16Br2/c1-12-7-9-18(17-6-4-3-5-15(12)17)19(21)16-10-8-14(20)11-13(16)2/h3-11,19H,1-2H3. The largest absolute Gasteiger partial charge is 0.0786 e. The first-order chi connectivity index (χ1) is 10.1. The van der Waals surface area contributed by atoms with Crippen molar-refractivity contribution in [3.8, 4) is 0 Å². The van der Waals surface area contributed by atoms with Crippen LogP contribution in [0.5, 0.6) is 0 Å². The van der Waals surface area contributed by atoms with E-state index in [-0.39, 0.29) is 4.83 Å². The zero-order valence-electron chi connectivity index (χ0n) is 12.0. The summed E-state index contributed by atoms with van der Waals surface area (Å²) < 4.78 is 1.12. The van der Waals surface area contributed by atoms with Gasteiger partial charge in [0.15, 0.2) is 0 Å². The van der Waals surface area contributed by atoms with Crippen molar-refractivity contribution in [2.75, 3.05) is 0 Å². The minimum atomic E-state index is 0.205. The molecule has 1 unspecified atom stereocenters. The highest BCUT2D eigenvalue weighted by molar-refractivity contribution is 9.10. The van der Waals surface area contributed by atoms with Crippen LogP contribution in [0.2, 0.25) is 0 Å². The summed E-state index contributed by atoms with van der Waals surface area (Å²) >= 11 is 7.44. The van der Waals surface area contributed by atoms with Gasteiger partial charge in [0.2, 0.25) is 0 Å². The van der Waals surface area contributed by atoms with Gasteiger partial charge in [0, 0.05) is 4.47 Å². The quantitative estimate of drug-likeness (QED) is 0.417. The van der Waals surface area contributed by atoms with Crippen LogP contribution >= 0.6 is 31.9 Å². The van der Waals surface area contributed by atoms with Crippen molar-refractivity contribution in [3.63, 3.8) is 0 Å². The van der Waals surface area contributed by atoms with Crippen molar-refractivity contribution in [3.05, 3.63) is 81.3 Å². The summed E-state index contributed by atoms with van der Waals surface area (Å²) in [4.78, 5) is 0.205. The molecule has 0 heterocycles. The summed E-state index contributed by atoms with van der Waals surface area (Å²) in [7, 11) is 0. The summed E-state index contributed by atoms with van der Waals surface area (Å²) in [6.45, 7) is 4.32. The molecule has 3 aromatic rings. The molecular formula is C19H16Br2. The fourth-order valence-corrected chi connectivity index (χ4v) is 4.17. The van der Waals surface area contributed by atoms with Crippen LogP contribution in [-0.4, -0.2) is 0 Å². The van der Waals surface area contributed by atoms with Crippen molar-refractivity contribution < 1.29 is 0 Å². The number of rotatable bonds is 2. The third-order valence-corrected chi connectivity index (χ3v) is 5.43. The number of hydrogen-bond donors (Lipinski definition) is 0. The van der Waals surface area contributed by atoms with Gasteiger partial charge in [0.05, 0.1) is 4.83 Å². The van der Waals surface area contributed by atoms with E-state index in [0.29, 0.717) is 0 Å². The van der Waals surface area contributed by atoms with E-state index in [9.17, 15) is 0 Å². The molecular weight excluding hydrogens is 388 g/mol. The van der Waals surface area contributed by atoms with Crippen molar-refractivity contribution in [1.29, 1.82) is 0 Å². The van der Waals surface area contributed by atoms with Crippen LogP contribution in [0.3, 0.4) is 0 Å². The number of hydrogen-bond acceptors (Lipinski definition) is 0. The lowest BCUT2D eigenvalue weighted by molar-refractivity contribution is 1.15. The van der Waals surface area contributed by atoms with Gasteiger partial charge in [-0.2, -0.15) is 0 Å². The fraction of sp³-hybridized carbons (Fsp3) is 0.158. The molecule has 3 rings (SSSR count). The van der Waals surface area contributed by atoms with E-state index in [4.69, 9.17) is 0 Å². The Bertz CT molecular complexity index is 806. The Morgan fingerprint density at radius 3 is 2.14 bits per heavy atom. The lowest BCUT2D eigenvalue weighted by atomic mass is 9.94. The van der Waals surface area contributed by atoms with Crippen molar-refractivity contribution in [2.45, 2.75) is 18.7 Å². The Kier molecular flexibility index (Phi) is 4.19. The molecule has 0 spiro atoms. The molecule has 106 valence electrons. The molecule has 0 aliphatic heterocycles. The van der Waals surface area contributed by atoms with E-state index >= 15 is 0 Å². The van der Waals surface area contributed by atoms with Gasteiger partial charge in [-0.15, -0.1) is 0 Å². The van der Waals surface area contributed by atoms with Gasteiger partial charge in [-0.3, -0.25) is 0 Å². The first-order valence-electron chi connectivity index (χ1n) is 6.96.